The van der Waals surface area contributed by atoms with Gasteiger partial charge in [-0.25, -0.2) is 4.98 Å². The Kier molecular flexibility index (Phi) is 7.36. The van der Waals surface area contributed by atoms with Gasteiger partial charge in [-0.15, -0.1) is 0 Å². The van der Waals surface area contributed by atoms with E-state index in [1.807, 2.05) is 61.5 Å². The lowest BCUT2D eigenvalue weighted by Gasteiger charge is -2.14. The Morgan fingerprint density at radius 1 is 0.886 bits per heavy atom. The van der Waals surface area contributed by atoms with Crippen molar-refractivity contribution in [1.29, 1.82) is 0 Å². The van der Waals surface area contributed by atoms with Gasteiger partial charge in [0.2, 0.25) is 0 Å². The predicted molar refractivity (Wildman–Crippen MR) is 172 cm³/mol. The van der Waals surface area contributed by atoms with Gasteiger partial charge in [-0.05, 0) is 95.6 Å². The molecular weight excluding hydrogens is 554 g/mol. The Hall–Kier alpha value is -6.20. The maximum atomic E-state index is 13.8. The highest BCUT2D eigenvalue weighted by molar-refractivity contribution is 5.85. The van der Waals surface area contributed by atoms with Crippen LogP contribution in [-0.2, 0) is 0 Å². The van der Waals surface area contributed by atoms with Crippen molar-refractivity contribution >= 4 is 39.5 Å². The standard InChI is InChI=1S/C36H25N3O5/c1-23-19-24(7-8-25-9-13-28-22-29(44-2)15-14-27(28)20-25)10-16-32(23)38-35(37-31-6-4-3-5-30(31)36(38)41)18-12-26-11-17-34(40)33(21-26)39(42)43/h3-6,9-22,40H,1-2H3. The molecule has 6 aromatic rings. The van der Waals surface area contributed by atoms with Crippen molar-refractivity contribution in [2.45, 2.75) is 6.92 Å². The van der Waals surface area contributed by atoms with Crippen LogP contribution in [-0.4, -0.2) is 26.7 Å². The molecule has 0 aliphatic heterocycles. The van der Waals surface area contributed by atoms with Crippen LogP contribution < -0.4 is 10.3 Å². The highest BCUT2D eigenvalue weighted by Gasteiger charge is 2.15. The molecule has 0 saturated carbocycles. The quantitative estimate of drug-likeness (QED) is 0.133. The van der Waals surface area contributed by atoms with Gasteiger partial charge in [0, 0.05) is 17.2 Å². The topological polar surface area (TPSA) is 107 Å². The summed E-state index contributed by atoms with van der Waals surface area (Å²) >= 11 is 0. The van der Waals surface area contributed by atoms with E-state index in [1.54, 1.807) is 49.6 Å². The first-order valence-corrected chi connectivity index (χ1v) is 13.7. The van der Waals surface area contributed by atoms with Crippen LogP contribution in [0.2, 0.25) is 0 Å². The molecule has 0 fully saturated rings. The van der Waals surface area contributed by atoms with Crippen LogP contribution in [0.15, 0.2) is 102 Å². The number of hydrogen-bond donors (Lipinski definition) is 1. The molecule has 8 nitrogen and oxygen atoms in total. The molecule has 1 aromatic heterocycles. The fourth-order valence-electron chi connectivity index (χ4n) is 5.01. The van der Waals surface area contributed by atoms with Gasteiger partial charge < -0.3 is 9.84 Å². The van der Waals surface area contributed by atoms with Crippen LogP contribution in [0.3, 0.4) is 0 Å². The van der Waals surface area contributed by atoms with Crippen molar-refractivity contribution in [3.8, 4) is 29.0 Å². The van der Waals surface area contributed by atoms with E-state index in [4.69, 9.17) is 9.72 Å². The highest BCUT2D eigenvalue weighted by Crippen LogP contribution is 2.27. The molecule has 1 N–H and O–H groups in total. The zero-order valence-electron chi connectivity index (χ0n) is 23.8. The number of aromatic hydroxyl groups is 1. The Morgan fingerprint density at radius 2 is 1.61 bits per heavy atom. The first-order chi connectivity index (χ1) is 21.3. The first-order valence-electron chi connectivity index (χ1n) is 13.7. The van der Waals surface area contributed by atoms with Gasteiger partial charge in [-0.1, -0.05) is 48.2 Å². The number of hydrogen-bond acceptors (Lipinski definition) is 6. The van der Waals surface area contributed by atoms with Gasteiger partial charge in [-0.3, -0.25) is 19.5 Å². The van der Waals surface area contributed by atoms with E-state index in [0.717, 1.165) is 33.2 Å². The Balaban J connectivity index is 1.39. The molecular formula is C36H25N3O5. The molecule has 0 unspecified atom stereocenters. The molecule has 0 saturated heterocycles. The SMILES string of the molecule is COc1ccc2cc(C#Cc3ccc(-n4c(C=Cc5ccc(O)c([N+](=O)[O-])c5)nc5ccccc5c4=O)c(C)c3)ccc2c1. The third kappa shape index (κ3) is 5.50. The number of aromatic nitrogens is 2. The lowest BCUT2D eigenvalue weighted by atomic mass is 10.1. The summed E-state index contributed by atoms with van der Waals surface area (Å²) in [6, 6.07) is 28.7. The van der Waals surface area contributed by atoms with E-state index < -0.39 is 16.4 Å². The predicted octanol–water partition coefficient (Wildman–Crippen LogP) is 7.04. The van der Waals surface area contributed by atoms with Crippen molar-refractivity contribution in [1.82, 2.24) is 9.55 Å². The Bertz CT molecular complexity index is 2260. The number of phenols is 1. The number of nitro benzene ring substituents is 1. The van der Waals surface area contributed by atoms with Crippen molar-refractivity contribution < 1.29 is 14.8 Å². The molecule has 0 spiro atoms. The third-order valence-corrected chi connectivity index (χ3v) is 7.26. The third-order valence-electron chi connectivity index (χ3n) is 7.26. The number of para-hydroxylation sites is 1. The smallest absolute Gasteiger partial charge is 0.311 e. The maximum absolute atomic E-state index is 13.8. The number of nitrogens with zero attached hydrogens (tertiary/aromatic N) is 3. The summed E-state index contributed by atoms with van der Waals surface area (Å²) in [5.41, 5.74) is 3.45. The molecule has 0 atom stereocenters. The molecule has 5 aromatic carbocycles. The average Bonchev–Trinajstić information content (AvgIpc) is 3.03. The maximum Gasteiger partial charge on any atom is 0.311 e. The highest BCUT2D eigenvalue weighted by atomic mass is 16.6. The minimum atomic E-state index is -0.651. The molecule has 0 bridgehead atoms. The minimum absolute atomic E-state index is 0.248. The molecule has 8 heteroatoms. The largest absolute Gasteiger partial charge is 0.502 e. The summed E-state index contributed by atoms with van der Waals surface area (Å²) in [5.74, 6) is 7.18. The summed E-state index contributed by atoms with van der Waals surface area (Å²) in [7, 11) is 1.65. The molecule has 0 aliphatic carbocycles. The summed E-state index contributed by atoms with van der Waals surface area (Å²) in [6.45, 7) is 1.91. The monoisotopic (exact) mass is 579 g/mol. The molecule has 0 amide bonds. The number of aryl methyl sites for hydroxylation is 1. The van der Waals surface area contributed by atoms with Gasteiger partial charge in [0.1, 0.15) is 11.6 Å². The van der Waals surface area contributed by atoms with Crippen LogP contribution >= 0.6 is 0 Å². The Labute approximate surface area is 252 Å². The van der Waals surface area contributed by atoms with Gasteiger partial charge >= 0.3 is 5.69 Å². The van der Waals surface area contributed by atoms with Crippen LogP contribution in [0, 0.1) is 28.9 Å². The van der Waals surface area contributed by atoms with Gasteiger partial charge in [0.15, 0.2) is 5.75 Å². The van der Waals surface area contributed by atoms with E-state index >= 15 is 0 Å². The summed E-state index contributed by atoms with van der Waals surface area (Å²) < 4.78 is 6.83. The van der Waals surface area contributed by atoms with E-state index in [0.29, 0.717) is 28.0 Å². The fourth-order valence-corrected chi connectivity index (χ4v) is 5.01. The molecule has 6 rings (SSSR count). The summed E-state index contributed by atoms with van der Waals surface area (Å²) in [6.07, 6.45) is 3.25. The van der Waals surface area contributed by atoms with Crippen molar-refractivity contribution in [3.05, 3.63) is 146 Å². The van der Waals surface area contributed by atoms with Crippen LogP contribution in [0.4, 0.5) is 5.69 Å². The second-order valence-corrected chi connectivity index (χ2v) is 10.1. The number of benzene rings is 5. The van der Waals surface area contributed by atoms with Gasteiger partial charge in [0.05, 0.1) is 28.6 Å². The molecule has 214 valence electrons. The molecule has 0 aliphatic rings. The zero-order valence-corrected chi connectivity index (χ0v) is 23.8. The second-order valence-electron chi connectivity index (χ2n) is 10.1. The molecule has 44 heavy (non-hydrogen) atoms. The zero-order chi connectivity index (χ0) is 30.8. The number of rotatable bonds is 5. The fraction of sp³-hybridized carbons (Fsp3) is 0.0556. The number of nitro groups is 1. The lowest BCUT2D eigenvalue weighted by Crippen LogP contribution is -2.23. The minimum Gasteiger partial charge on any atom is -0.502 e. The normalized spacial score (nSPS) is 11.0. The van der Waals surface area contributed by atoms with E-state index in [2.05, 4.69) is 11.8 Å². The first kappa shape index (κ1) is 27.9. The van der Waals surface area contributed by atoms with E-state index in [-0.39, 0.29) is 5.56 Å². The van der Waals surface area contributed by atoms with Crippen LogP contribution in [0.1, 0.15) is 28.1 Å². The number of ether oxygens (including phenoxy) is 1. The van der Waals surface area contributed by atoms with Crippen molar-refractivity contribution in [3.63, 3.8) is 0 Å². The van der Waals surface area contributed by atoms with E-state index in [1.165, 1.54) is 16.7 Å². The van der Waals surface area contributed by atoms with Gasteiger partial charge in [0.25, 0.3) is 5.56 Å². The second kappa shape index (κ2) is 11.6. The van der Waals surface area contributed by atoms with Crippen molar-refractivity contribution in [2.24, 2.45) is 0 Å². The lowest BCUT2D eigenvalue weighted by molar-refractivity contribution is -0.385. The summed E-state index contributed by atoms with van der Waals surface area (Å²) in [4.78, 5) is 29.2. The number of methoxy groups -OCH3 is 1. The van der Waals surface area contributed by atoms with Crippen LogP contribution in [0.25, 0.3) is 39.5 Å². The number of phenolic OH excluding ortho intramolecular Hbond substituents is 1. The molecule has 0 radical (unpaired) electrons. The van der Waals surface area contributed by atoms with E-state index in [9.17, 15) is 20.0 Å². The van der Waals surface area contributed by atoms with Gasteiger partial charge in [-0.2, -0.15) is 0 Å². The summed E-state index contributed by atoms with van der Waals surface area (Å²) in [5, 5.41) is 23.7. The average molecular weight is 580 g/mol. The number of fused-ring (bicyclic) bond motifs is 2. The van der Waals surface area contributed by atoms with Crippen LogP contribution in [0.5, 0.6) is 11.5 Å². The van der Waals surface area contributed by atoms with Crippen molar-refractivity contribution in [2.75, 3.05) is 7.11 Å². The Morgan fingerprint density at radius 3 is 2.39 bits per heavy atom. The molecule has 1 heterocycles.